The summed E-state index contributed by atoms with van der Waals surface area (Å²) < 4.78 is 0. The van der Waals surface area contributed by atoms with E-state index in [2.05, 4.69) is 15.5 Å². The number of carbonyl (C=O) groups excluding carboxylic acids is 1. The lowest BCUT2D eigenvalue weighted by Gasteiger charge is -2.54. The Labute approximate surface area is 125 Å². The predicted molar refractivity (Wildman–Crippen MR) is 79.5 cm³/mol. The van der Waals surface area contributed by atoms with Gasteiger partial charge in [-0.15, -0.1) is 12.4 Å². The molecule has 0 aliphatic heterocycles. The molecule has 1 aromatic heterocycles. The second-order valence-corrected chi connectivity index (χ2v) is 6.09. The van der Waals surface area contributed by atoms with Crippen molar-refractivity contribution in [1.82, 2.24) is 10.2 Å². The standard InChI is InChI=1S/C14H20N4O.ClH/c15-12(6-10-7-14(8-10)3-1-4-14)13(19)18-11-2-5-16-17-9-11;/h2,5,9-10,12H,1,3-4,6-8,15H2,(H,16,18,19);1H/t12-;/m0./s1. The van der Waals surface area contributed by atoms with Crippen LogP contribution in [0.3, 0.4) is 0 Å². The summed E-state index contributed by atoms with van der Waals surface area (Å²) in [5.74, 6) is 0.513. The number of hydrogen-bond acceptors (Lipinski definition) is 4. The lowest BCUT2D eigenvalue weighted by molar-refractivity contribution is -0.118. The fraction of sp³-hybridized carbons (Fsp3) is 0.643. The molecule has 1 atom stereocenters. The van der Waals surface area contributed by atoms with Crippen molar-refractivity contribution in [2.45, 2.75) is 44.6 Å². The van der Waals surface area contributed by atoms with E-state index in [1.165, 1.54) is 38.3 Å². The normalized spacial score (nSPS) is 21.2. The SMILES string of the molecule is Cl.N[C@@H](CC1CC2(CCC2)C1)C(=O)Nc1ccnnc1. The van der Waals surface area contributed by atoms with Crippen molar-refractivity contribution in [2.75, 3.05) is 5.32 Å². The third-order valence-electron chi connectivity index (χ3n) is 4.63. The highest BCUT2D eigenvalue weighted by atomic mass is 35.5. The van der Waals surface area contributed by atoms with Crippen LogP contribution in [-0.4, -0.2) is 22.1 Å². The van der Waals surface area contributed by atoms with Crippen molar-refractivity contribution in [1.29, 1.82) is 0 Å². The summed E-state index contributed by atoms with van der Waals surface area (Å²) in [6, 6.07) is 1.29. The molecule has 1 heterocycles. The van der Waals surface area contributed by atoms with E-state index in [4.69, 9.17) is 5.73 Å². The number of nitrogens with zero attached hydrogens (tertiary/aromatic N) is 2. The zero-order valence-corrected chi connectivity index (χ0v) is 12.2. The van der Waals surface area contributed by atoms with Crippen LogP contribution in [0.1, 0.15) is 38.5 Å². The van der Waals surface area contributed by atoms with Crippen LogP contribution in [0.25, 0.3) is 0 Å². The van der Waals surface area contributed by atoms with Crippen LogP contribution in [0, 0.1) is 11.3 Å². The molecule has 20 heavy (non-hydrogen) atoms. The minimum Gasteiger partial charge on any atom is -0.323 e. The lowest BCUT2D eigenvalue weighted by Crippen LogP contribution is -2.46. The minimum absolute atomic E-state index is 0. The van der Waals surface area contributed by atoms with Crippen molar-refractivity contribution < 1.29 is 4.79 Å². The monoisotopic (exact) mass is 296 g/mol. The van der Waals surface area contributed by atoms with Crippen LogP contribution >= 0.6 is 12.4 Å². The van der Waals surface area contributed by atoms with Crippen LogP contribution in [0.15, 0.2) is 18.5 Å². The molecule has 110 valence electrons. The Bertz CT molecular complexity index is 456. The predicted octanol–water partition coefficient (Wildman–Crippen LogP) is 2.13. The molecule has 0 radical (unpaired) electrons. The second-order valence-electron chi connectivity index (χ2n) is 6.09. The number of aromatic nitrogens is 2. The number of carbonyl (C=O) groups is 1. The number of hydrogen-bond donors (Lipinski definition) is 2. The molecule has 2 aliphatic carbocycles. The van der Waals surface area contributed by atoms with Crippen molar-refractivity contribution in [2.24, 2.45) is 17.1 Å². The number of anilines is 1. The molecule has 1 spiro atoms. The van der Waals surface area contributed by atoms with Gasteiger partial charge in [0.15, 0.2) is 0 Å². The molecule has 5 nitrogen and oxygen atoms in total. The Hall–Kier alpha value is -1.20. The molecule has 2 saturated carbocycles. The fourth-order valence-electron chi connectivity index (χ4n) is 3.48. The van der Waals surface area contributed by atoms with Gasteiger partial charge in [0.05, 0.1) is 24.1 Å². The van der Waals surface area contributed by atoms with Gasteiger partial charge in [0.1, 0.15) is 0 Å². The molecule has 1 amide bonds. The topological polar surface area (TPSA) is 80.9 Å². The van der Waals surface area contributed by atoms with Crippen LogP contribution in [0.5, 0.6) is 0 Å². The largest absolute Gasteiger partial charge is 0.323 e. The van der Waals surface area contributed by atoms with E-state index >= 15 is 0 Å². The van der Waals surface area contributed by atoms with Gasteiger partial charge in [0.2, 0.25) is 5.91 Å². The Morgan fingerprint density at radius 1 is 1.45 bits per heavy atom. The Balaban J connectivity index is 0.00000147. The summed E-state index contributed by atoms with van der Waals surface area (Å²) in [6.07, 6.45) is 10.6. The van der Waals surface area contributed by atoms with E-state index in [1.807, 2.05) is 0 Å². The van der Waals surface area contributed by atoms with E-state index in [0.29, 0.717) is 17.0 Å². The number of amides is 1. The number of rotatable bonds is 4. The van der Waals surface area contributed by atoms with Crippen LogP contribution in [0.2, 0.25) is 0 Å². The van der Waals surface area contributed by atoms with E-state index in [9.17, 15) is 4.79 Å². The van der Waals surface area contributed by atoms with Crippen molar-refractivity contribution >= 4 is 24.0 Å². The van der Waals surface area contributed by atoms with Crippen LogP contribution in [0.4, 0.5) is 5.69 Å². The average Bonchev–Trinajstić information content (AvgIpc) is 2.31. The van der Waals surface area contributed by atoms with E-state index < -0.39 is 6.04 Å². The molecule has 0 saturated heterocycles. The summed E-state index contributed by atoms with van der Waals surface area (Å²) in [5, 5.41) is 10.2. The van der Waals surface area contributed by atoms with Gasteiger partial charge in [-0.1, -0.05) is 6.42 Å². The summed E-state index contributed by atoms with van der Waals surface area (Å²) in [7, 11) is 0. The molecule has 2 fully saturated rings. The number of nitrogens with two attached hydrogens (primary N) is 1. The van der Waals surface area contributed by atoms with Gasteiger partial charge in [0, 0.05) is 0 Å². The Kier molecular flexibility index (Phi) is 4.60. The number of nitrogens with one attached hydrogen (secondary N) is 1. The molecule has 3 N–H and O–H groups in total. The molecule has 2 aliphatic rings. The zero-order valence-electron chi connectivity index (χ0n) is 11.4. The highest BCUT2D eigenvalue weighted by Gasteiger charge is 2.48. The van der Waals surface area contributed by atoms with Crippen molar-refractivity contribution in [3.63, 3.8) is 0 Å². The molecule has 0 aromatic carbocycles. The highest BCUT2D eigenvalue weighted by Crippen LogP contribution is 2.59. The lowest BCUT2D eigenvalue weighted by atomic mass is 9.51. The van der Waals surface area contributed by atoms with Gasteiger partial charge in [-0.2, -0.15) is 10.2 Å². The maximum absolute atomic E-state index is 11.9. The first-order valence-corrected chi connectivity index (χ1v) is 7.00. The molecule has 0 unspecified atom stereocenters. The van der Waals surface area contributed by atoms with Crippen LogP contribution < -0.4 is 11.1 Å². The van der Waals surface area contributed by atoms with Gasteiger partial charge in [-0.05, 0) is 49.5 Å². The van der Waals surface area contributed by atoms with Crippen molar-refractivity contribution in [3.05, 3.63) is 18.5 Å². The molecule has 0 bridgehead atoms. The summed E-state index contributed by atoms with van der Waals surface area (Å²) >= 11 is 0. The maximum atomic E-state index is 11.9. The number of halogens is 1. The molecule has 6 heteroatoms. The zero-order chi connectivity index (χ0) is 13.3. The maximum Gasteiger partial charge on any atom is 0.241 e. The van der Waals surface area contributed by atoms with Crippen LogP contribution in [-0.2, 0) is 4.79 Å². The third kappa shape index (κ3) is 3.10. The minimum atomic E-state index is -0.421. The van der Waals surface area contributed by atoms with E-state index in [0.717, 1.165) is 6.42 Å². The first-order valence-electron chi connectivity index (χ1n) is 7.00. The smallest absolute Gasteiger partial charge is 0.241 e. The Morgan fingerprint density at radius 2 is 2.20 bits per heavy atom. The molecule has 1 aromatic rings. The van der Waals surface area contributed by atoms with E-state index in [-0.39, 0.29) is 18.3 Å². The van der Waals surface area contributed by atoms with Gasteiger partial charge in [0.25, 0.3) is 0 Å². The average molecular weight is 297 g/mol. The molecular formula is C14H21ClN4O. The first kappa shape index (κ1) is 15.2. The van der Waals surface area contributed by atoms with E-state index in [1.54, 1.807) is 12.3 Å². The summed E-state index contributed by atoms with van der Waals surface area (Å²) in [6.45, 7) is 0. The van der Waals surface area contributed by atoms with Gasteiger partial charge < -0.3 is 11.1 Å². The van der Waals surface area contributed by atoms with Gasteiger partial charge >= 0.3 is 0 Å². The fourth-order valence-corrected chi connectivity index (χ4v) is 3.48. The third-order valence-corrected chi connectivity index (χ3v) is 4.63. The summed E-state index contributed by atoms with van der Waals surface area (Å²) in [5.41, 5.74) is 7.28. The molecule has 3 rings (SSSR count). The Morgan fingerprint density at radius 3 is 2.75 bits per heavy atom. The quantitative estimate of drug-likeness (QED) is 0.892. The first-order chi connectivity index (χ1) is 9.17. The van der Waals surface area contributed by atoms with Crippen molar-refractivity contribution in [3.8, 4) is 0 Å². The van der Waals surface area contributed by atoms with Gasteiger partial charge in [-0.3, -0.25) is 4.79 Å². The molecular weight excluding hydrogens is 276 g/mol. The summed E-state index contributed by atoms with van der Waals surface area (Å²) in [4.78, 5) is 11.9. The van der Waals surface area contributed by atoms with Gasteiger partial charge in [-0.25, -0.2) is 0 Å². The highest BCUT2D eigenvalue weighted by molar-refractivity contribution is 5.94. The second kappa shape index (κ2) is 6.06.